The van der Waals surface area contributed by atoms with E-state index in [-0.39, 0.29) is 16.7 Å². The van der Waals surface area contributed by atoms with Gasteiger partial charge in [0.2, 0.25) is 0 Å². The number of hydrogen-bond donors (Lipinski definition) is 1. The van der Waals surface area contributed by atoms with Gasteiger partial charge >= 0.3 is 0 Å². The standard InChI is InChI=1S/C25H19F2NO3/c1-14-4-3-5-19(12-14)28-22(16-6-9-18(26)10-7-16)21(24(30)25(28)31)23(29)17-8-11-20(27)15(2)13-17/h3-13,22,29H,1-2H3/b23-21-. The van der Waals surface area contributed by atoms with Gasteiger partial charge in [-0.05, 0) is 73.0 Å². The van der Waals surface area contributed by atoms with Gasteiger partial charge in [0, 0.05) is 11.3 Å². The van der Waals surface area contributed by atoms with E-state index in [4.69, 9.17) is 0 Å². The van der Waals surface area contributed by atoms with E-state index in [0.29, 0.717) is 11.3 Å². The molecule has 1 fully saturated rings. The van der Waals surface area contributed by atoms with Crippen LogP contribution in [-0.4, -0.2) is 16.8 Å². The van der Waals surface area contributed by atoms with Gasteiger partial charge in [0.25, 0.3) is 11.7 Å². The fourth-order valence-electron chi connectivity index (χ4n) is 3.78. The van der Waals surface area contributed by atoms with E-state index in [0.717, 1.165) is 5.56 Å². The Morgan fingerprint density at radius 3 is 2.29 bits per heavy atom. The van der Waals surface area contributed by atoms with E-state index in [2.05, 4.69) is 0 Å². The molecule has 0 radical (unpaired) electrons. The van der Waals surface area contributed by atoms with Crippen molar-refractivity contribution in [1.82, 2.24) is 0 Å². The van der Waals surface area contributed by atoms with Gasteiger partial charge < -0.3 is 5.11 Å². The number of hydrogen-bond acceptors (Lipinski definition) is 3. The van der Waals surface area contributed by atoms with Crippen LogP contribution >= 0.6 is 0 Å². The molecule has 1 atom stereocenters. The van der Waals surface area contributed by atoms with Crippen LogP contribution in [0, 0.1) is 25.5 Å². The predicted octanol–water partition coefficient (Wildman–Crippen LogP) is 5.21. The largest absolute Gasteiger partial charge is 0.507 e. The number of amides is 1. The van der Waals surface area contributed by atoms with E-state index in [1.54, 1.807) is 18.2 Å². The Labute approximate surface area is 178 Å². The molecular weight excluding hydrogens is 400 g/mol. The summed E-state index contributed by atoms with van der Waals surface area (Å²) in [6, 6.07) is 15.4. The number of carbonyl (C=O) groups is 2. The maximum absolute atomic E-state index is 13.7. The molecule has 0 aliphatic carbocycles. The molecular formula is C25H19F2NO3. The molecule has 1 heterocycles. The van der Waals surface area contributed by atoms with Gasteiger partial charge in [0.1, 0.15) is 17.4 Å². The third-order valence-electron chi connectivity index (χ3n) is 5.34. The molecule has 0 aromatic heterocycles. The first-order valence-corrected chi connectivity index (χ1v) is 9.67. The first-order valence-electron chi connectivity index (χ1n) is 9.67. The van der Waals surface area contributed by atoms with Crippen LogP contribution in [0.3, 0.4) is 0 Å². The fraction of sp³-hybridized carbons (Fsp3) is 0.120. The number of anilines is 1. The highest BCUT2D eigenvalue weighted by atomic mass is 19.1. The normalized spacial score (nSPS) is 17.9. The SMILES string of the molecule is Cc1cccc(N2C(=O)C(=O)/C(=C(\O)c3ccc(F)c(C)c3)C2c2ccc(F)cc2)c1. The number of carbonyl (C=O) groups excluding carboxylic acids is 2. The van der Waals surface area contributed by atoms with E-state index in [1.807, 2.05) is 13.0 Å². The molecule has 1 aliphatic rings. The number of rotatable bonds is 3. The second-order valence-electron chi connectivity index (χ2n) is 7.52. The molecule has 1 unspecified atom stereocenters. The van der Waals surface area contributed by atoms with Crippen LogP contribution in [0.15, 0.2) is 72.3 Å². The number of aryl methyl sites for hydroxylation is 2. The number of aliphatic hydroxyl groups excluding tert-OH is 1. The van der Waals surface area contributed by atoms with Crippen LogP contribution in [0.4, 0.5) is 14.5 Å². The van der Waals surface area contributed by atoms with E-state index >= 15 is 0 Å². The van der Waals surface area contributed by atoms with Crippen molar-refractivity contribution in [2.75, 3.05) is 4.90 Å². The van der Waals surface area contributed by atoms with Crippen LogP contribution in [0.1, 0.15) is 28.3 Å². The van der Waals surface area contributed by atoms with Crippen molar-refractivity contribution in [1.29, 1.82) is 0 Å². The number of benzene rings is 3. The van der Waals surface area contributed by atoms with Crippen LogP contribution in [-0.2, 0) is 9.59 Å². The molecule has 0 saturated carbocycles. The summed E-state index contributed by atoms with van der Waals surface area (Å²) < 4.78 is 27.3. The molecule has 1 amide bonds. The molecule has 156 valence electrons. The molecule has 0 bridgehead atoms. The lowest BCUT2D eigenvalue weighted by Gasteiger charge is -2.25. The van der Waals surface area contributed by atoms with Crippen molar-refractivity contribution in [3.05, 3.63) is 106 Å². The molecule has 3 aromatic carbocycles. The van der Waals surface area contributed by atoms with Crippen molar-refractivity contribution in [2.24, 2.45) is 0 Å². The zero-order valence-corrected chi connectivity index (χ0v) is 16.9. The van der Waals surface area contributed by atoms with E-state index in [1.165, 1.54) is 54.3 Å². The quantitative estimate of drug-likeness (QED) is 0.360. The smallest absolute Gasteiger partial charge is 0.300 e. The van der Waals surface area contributed by atoms with E-state index < -0.39 is 35.1 Å². The Balaban J connectivity index is 1.96. The average Bonchev–Trinajstić information content (AvgIpc) is 3.01. The molecule has 4 nitrogen and oxygen atoms in total. The first kappa shape index (κ1) is 20.5. The van der Waals surface area contributed by atoms with Gasteiger partial charge in [0.15, 0.2) is 0 Å². The number of nitrogens with zero attached hydrogens (tertiary/aromatic N) is 1. The van der Waals surface area contributed by atoms with Crippen molar-refractivity contribution >= 4 is 23.1 Å². The van der Waals surface area contributed by atoms with Crippen LogP contribution < -0.4 is 4.90 Å². The maximum atomic E-state index is 13.7. The highest BCUT2D eigenvalue weighted by Crippen LogP contribution is 2.42. The molecule has 3 aromatic rings. The lowest BCUT2D eigenvalue weighted by Crippen LogP contribution is -2.29. The van der Waals surface area contributed by atoms with Crippen molar-refractivity contribution < 1.29 is 23.5 Å². The van der Waals surface area contributed by atoms with Crippen molar-refractivity contribution in [2.45, 2.75) is 19.9 Å². The number of Topliss-reactive ketones (excluding diaryl/α,β-unsaturated/α-hetero) is 1. The van der Waals surface area contributed by atoms with E-state index in [9.17, 15) is 23.5 Å². The van der Waals surface area contributed by atoms with Gasteiger partial charge in [-0.2, -0.15) is 0 Å². The Morgan fingerprint density at radius 2 is 1.65 bits per heavy atom. The summed E-state index contributed by atoms with van der Waals surface area (Å²) in [5.74, 6) is -3.00. The fourth-order valence-corrected chi connectivity index (χ4v) is 3.78. The van der Waals surface area contributed by atoms with Gasteiger partial charge in [-0.1, -0.05) is 24.3 Å². The minimum atomic E-state index is -0.965. The Hall–Kier alpha value is -3.80. The number of aliphatic hydroxyl groups is 1. The summed E-state index contributed by atoms with van der Waals surface area (Å²) in [6.07, 6.45) is 0. The lowest BCUT2D eigenvalue weighted by molar-refractivity contribution is -0.132. The van der Waals surface area contributed by atoms with Crippen LogP contribution in [0.2, 0.25) is 0 Å². The second-order valence-corrected chi connectivity index (χ2v) is 7.52. The summed E-state index contributed by atoms with van der Waals surface area (Å²) in [6.45, 7) is 3.39. The highest BCUT2D eigenvalue weighted by molar-refractivity contribution is 6.51. The highest BCUT2D eigenvalue weighted by Gasteiger charge is 2.47. The average molecular weight is 419 g/mol. The molecule has 1 N–H and O–H groups in total. The van der Waals surface area contributed by atoms with Crippen molar-refractivity contribution in [3.63, 3.8) is 0 Å². The van der Waals surface area contributed by atoms with Crippen LogP contribution in [0.25, 0.3) is 5.76 Å². The van der Waals surface area contributed by atoms with Crippen LogP contribution in [0.5, 0.6) is 0 Å². The third kappa shape index (κ3) is 3.61. The Morgan fingerprint density at radius 1 is 0.935 bits per heavy atom. The summed E-state index contributed by atoms with van der Waals surface area (Å²) >= 11 is 0. The molecule has 1 saturated heterocycles. The molecule has 4 rings (SSSR count). The molecule has 0 spiro atoms. The third-order valence-corrected chi connectivity index (χ3v) is 5.34. The zero-order chi connectivity index (χ0) is 22.3. The van der Waals surface area contributed by atoms with Gasteiger partial charge in [0.05, 0.1) is 11.6 Å². The zero-order valence-electron chi connectivity index (χ0n) is 16.9. The van der Waals surface area contributed by atoms with Crippen molar-refractivity contribution in [3.8, 4) is 0 Å². The van der Waals surface area contributed by atoms with Gasteiger partial charge in [-0.15, -0.1) is 0 Å². The Bertz CT molecular complexity index is 1230. The number of halogens is 2. The second kappa shape index (κ2) is 7.80. The lowest BCUT2D eigenvalue weighted by atomic mass is 9.94. The van der Waals surface area contributed by atoms with Gasteiger partial charge in [-0.25, -0.2) is 8.78 Å². The molecule has 1 aliphatic heterocycles. The first-order chi connectivity index (χ1) is 14.8. The minimum absolute atomic E-state index is 0.135. The molecule has 6 heteroatoms. The topological polar surface area (TPSA) is 57.6 Å². The Kier molecular flexibility index (Phi) is 5.15. The van der Waals surface area contributed by atoms with Gasteiger partial charge in [-0.3, -0.25) is 14.5 Å². The summed E-state index contributed by atoms with van der Waals surface area (Å²) in [5, 5.41) is 11.0. The minimum Gasteiger partial charge on any atom is -0.507 e. The maximum Gasteiger partial charge on any atom is 0.300 e. The predicted molar refractivity (Wildman–Crippen MR) is 113 cm³/mol. The summed E-state index contributed by atoms with van der Waals surface area (Å²) in [7, 11) is 0. The summed E-state index contributed by atoms with van der Waals surface area (Å²) in [4.78, 5) is 27.4. The number of ketones is 1. The monoisotopic (exact) mass is 419 g/mol. The molecule has 31 heavy (non-hydrogen) atoms. The summed E-state index contributed by atoms with van der Waals surface area (Å²) in [5.41, 5.74) is 2.19.